The molecule has 1 rings (SSSR count). The van der Waals surface area contributed by atoms with Crippen LogP contribution in [0.5, 0.6) is 11.5 Å². The summed E-state index contributed by atoms with van der Waals surface area (Å²) in [6.07, 6.45) is 0. The highest BCUT2D eigenvalue weighted by atomic mass is 35.5. The minimum atomic E-state index is -0.526. The van der Waals surface area contributed by atoms with Crippen molar-refractivity contribution < 1.29 is 13.9 Å². The molecular formula is C11H14ClFO2. The summed E-state index contributed by atoms with van der Waals surface area (Å²) in [7, 11) is 0. The van der Waals surface area contributed by atoms with E-state index in [-0.39, 0.29) is 6.61 Å². The highest BCUT2D eigenvalue weighted by Crippen LogP contribution is 2.32. The molecule has 0 saturated heterocycles. The van der Waals surface area contributed by atoms with Crippen molar-refractivity contribution in [1.29, 1.82) is 0 Å². The standard InChI is InChI=1S/C11H14ClFO2/c1-2-14-10-5-3-4-9(8-12)11(10)15-7-6-13/h3-5H,2,6-8H2,1H3. The van der Waals surface area contributed by atoms with Crippen LogP contribution in [-0.2, 0) is 5.88 Å². The number of benzene rings is 1. The van der Waals surface area contributed by atoms with Gasteiger partial charge in [-0.3, -0.25) is 0 Å². The molecule has 1 aromatic rings. The van der Waals surface area contributed by atoms with E-state index in [4.69, 9.17) is 21.1 Å². The van der Waals surface area contributed by atoms with Crippen LogP contribution in [0.2, 0.25) is 0 Å². The zero-order chi connectivity index (χ0) is 11.1. The van der Waals surface area contributed by atoms with Crippen LogP contribution in [0, 0.1) is 0 Å². The summed E-state index contributed by atoms with van der Waals surface area (Å²) in [4.78, 5) is 0. The van der Waals surface area contributed by atoms with Gasteiger partial charge < -0.3 is 9.47 Å². The van der Waals surface area contributed by atoms with Gasteiger partial charge >= 0.3 is 0 Å². The largest absolute Gasteiger partial charge is 0.490 e. The zero-order valence-corrected chi connectivity index (χ0v) is 9.39. The number of hydrogen-bond donors (Lipinski definition) is 0. The van der Waals surface area contributed by atoms with E-state index in [0.29, 0.717) is 24.0 Å². The van der Waals surface area contributed by atoms with E-state index in [1.54, 1.807) is 6.07 Å². The van der Waals surface area contributed by atoms with Gasteiger partial charge in [-0.2, -0.15) is 0 Å². The maximum absolute atomic E-state index is 12.0. The van der Waals surface area contributed by atoms with Gasteiger partial charge in [0.1, 0.15) is 13.3 Å². The Labute approximate surface area is 94.0 Å². The van der Waals surface area contributed by atoms with Gasteiger partial charge in [0.25, 0.3) is 0 Å². The number of ether oxygens (including phenoxy) is 2. The summed E-state index contributed by atoms with van der Waals surface area (Å²) in [5.74, 6) is 1.49. The van der Waals surface area contributed by atoms with Gasteiger partial charge in [0.2, 0.25) is 0 Å². The molecule has 0 unspecified atom stereocenters. The Bertz CT molecular complexity index is 305. The lowest BCUT2D eigenvalue weighted by molar-refractivity contribution is 0.250. The van der Waals surface area contributed by atoms with E-state index in [2.05, 4.69) is 0 Å². The predicted octanol–water partition coefficient (Wildman–Crippen LogP) is 3.17. The molecule has 2 nitrogen and oxygen atoms in total. The van der Waals surface area contributed by atoms with Crippen molar-refractivity contribution >= 4 is 11.6 Å². The average molecular weight is 233 g/mol. The van der Waals surface area contributed by atoms with Gasteiger partial charge in [-0.1, -0.05) is 12.1 Å². The molecule has 0 aliphatic rings. The van der Waals surface area contributed by atoms with E-state index < -0.39 is 6.67 Å². The Morgan fingerprint density at radius 1 is 1.33 bits per heavy atom. The molecule has 0 aliphatic carbocycles. The monoisotopic (exact) mass is 232 g/mol. The first-order chi connectivity index (χ1) is 7.33. The smallest absolute Gasteiger partial charge is 0.165 e. The molecule has 84 valence electrons. The van der Waals surface area contributed by atoms with Crippen molar-refractivity contribution in [2.75, 3.05) is 19.9 Å². The number of hydrogen-bond acceptors (Lipinski definition) is 2. The minimum Gasteiger partial charge on any atom is -0.490 e. The maximum atomic E-state index is 12.0. The second kappa shape index (κ2) is 6.51. The average Bonchev–Trinajstić information content (AvgIpc) is 2.27. The quantitative estimate of drug-likeness (QED) is 0.702. The predicted molar refractivity (Wildman–Crippen MR) is 58.6 cm³/mol. The summed E-state index contributed by atoms with van der Waals surface area (Å²) in [5, 5.41) is 0. The lowest BCUT2D eigenvalue weighted by Gasteiger charge is -2.13. The number of alkyl halides is 2. The maximum Gasteiger partial charge on any atom is 0.165 e. The lowest BCUT2D eigenvalue weighted by atomic mass is 10.2. The van der Waals surface area contributed by atoms with Crippen molar-refractivity contribution in [1.82, 2.24) is 0 Å². The first-order valence-corrected chi connectivity index (χ1v) is 5.36. The van der Waals surface area contributed by atoms with E-state index in [9.17, 15) is 4.39 Å². The van der Waals surface area contributed by atoms with Crippen LogP contribution in [0.25, 0.3) is 0 Å². The molecule has 0 saturated carbocycles. The second-order valence-electron chi connectivity index (χ2n) is 2.85. The summed E-state index contributed by atoms with van der Waals surface area (Å²) in [5.41, 5.74) is 0.816. The third kappa shape index (κ3) is 3.27. The summed E-state index contributed by atoms with van der Waals surface area (Å²) in [6.45, 7) is 1.92. The highest BCUT2D eigenvalue weighted by Gasteiger charge is 2.09. The third-order valence-corrected chi connectivity index (χ3v) is 2.12. The van der Waals surface area contributed by atoms with E-state index in [1.165, 1.54) is 0 Å². The molecule has 4 heteroatoms. The molecule has 0 radical (unpaired) electrons. The van der Waals surface area contributed by atoms with Gasteiger partial charge in [0, 0.05) is 5.56 Å². The van der Waals surface area contributed by atoms with Crippen LogP contribution in [0.15, 0.2) is 18.2 Å². The molecule has 0 amide bonds. The molecule has 0 heterocycles. The van der Waals surface area contributed by atoms with Crippen LogP contribution < -0.4 is 9.47 Å². The Hall–Kier alpha value is -0.960. The molecule has 15 heavy (non-hydrogen) atoms. The van der Waals surface area contributed by atoms with Crippen LogP contribution in [0.3, 0.4) is 0 Å². The molecular weight excluding hydrogens is 219 g/mol. The first-order valence-electron chi connectivity index (χ1n) is 4.82. The summed E-state index contributed by atoms with van der Waals surface area (Å²) >= 11 is 5.75. The fraction of sp³-hybridized carbons (Fsp3) is 0.455. The van der Waals surface area contributed by atoms with Gasteiger partial charge in [-0.15, -0.1) is 11.6 Å². The SMILES string of the molecule is CCOc1cccc(CCl)c1OCCF. The topological polar surface area (TPSA) is 18.5 Å². The molecule has 0 N–H and O–H groups in total. The Balaban J connectivity index is 2.92. The van der Waals surface area contributed by atoms with Crippen molar-refractivity contribution in [3.05, 3.63) is 23.8 Å². The van der Waals surface area contributed by atoms with Crippen LogP contribution in [-0.4, -0.2) is 19.9 Å². The fourth-order valence-corrected chi connectivity index (χ4v) is 1.45. The van der Waals surface area contributed by atoms with Crippen molar-refractivity contribution in [3.8, 4) is 11.5 Å². The molecule has 0 spiro atoms. The molecule has 0 fully saturated rings. The normalized spacial score (nSPS) is 10.1. The Morgan fingerprint density at radius 2 is 2.13 bits per heavy atom. The number of halogens is 2. The van der Waals surface area contributed by atoms with Crippen molar-refractivity contribution in [2.45, 2.75) is 12.8 Å². The molecule has 0 aliphatic heterocycles. The Kier molecular flexibility index (Phi) is 5.26. The van der Waals surface area contributed by atoms with Gasteiger partial charge in [-0.05, 0) is 13.0 Å². The number of rotatable bonds is 6. The second-order valence-corrected chi connectivity index (χ2v) is 3.12. The first kappa shape index (κ1) is 12.1. The van der Waals surface area contributed by atoms with Crippen LogP contribution in [0.4, 0.5) is 4.39 Å². The lowest BCUT2D eigenvalue weighted by Crippen LogP contribution is -2.04. The van der Waals surface area contributed by atoms with Crippen molar-refractivity contribution in [2.24, 2.45) is 0 Å². The molecule has 0 bridgehead atoms. The van der Waals surface area contributed by atoms with Crippen molar-refractivity contribution in [3.63, 3.8) is 0 Å². The van der Waals surface area contributed by atoms with Crippen LogP contribution in [0.1, 0.15) is 12.5 Å². The van der Waals surface area contributed by atoms with Gasteiger partial charge in [-0.25, -0.2) is 4.39 Å². The third-order valence-electron chi connectivity index (χ3n) is 1.83. The minimum absolute atomic E-state index is 0.0218. The van der Waals surface area contributed by atoms with E-state index in [0.717, 1.165) is 5.56 Å². The van der Waals surface area contributed by atoms with E-state index in [1.807, 2.05) is 19.1 Å². The van der Waals surface area contributed by atoms with Gasteiger partial charge in [0.15, 0.2) is 11.5 Å². The van der Waals surface area contributed by atoms with Gasteiger partial charge in [0.05, 0.1) is 12.5 Å². The molecule has 0 atom stereocenters. The molecule has 1 aromatic carbocycles. The van der Waals surface area contributed by atoms with E-state index >= 15 is 0 Å². The summed E-state index contributed by atoms with van der Waals surface area (Å²) < 4.78 is 22.7. The zero-order valence-electron chi connectivity index (χ0n) is 8.63. The molecule has 0 aromatic heterocycles. The Morgan fingerprint density at radius 3 is 2.73 bits per heavy atom. The number of para-hydroxylation sites is 1. The fourth-order valence-electron chi connectivity index (χ4n) is 1.24. The summed E-state index contributed by atoms with van der Waals surface area (Å²) in [6, 6.07) is 5.46. The highest BCUT2D eigenvalue weighted by molar-refractivity contribution is 6.17. The van der Waals surface area contributed by atoms with Crippen LogP contribution >= 0.6 is 11.6 Å².